The van der Waals surface area contributed by atoms with E-state index in [1.807, 2.05) is 30.9 Å². The summed E-state index contributed by atoms with van der Waals surface area (Å²) in [5.41, 5.74) is 4.27. The molecule has 1 N–H and O–H groups in total. The molecule has 6 heterocycles. The van der Waals surface area contributed by atoms with Crippen molar-refractivity contribution in [3.63, 3.8) is 0 Å². The van der Waals surface area contributed by atoms with Crippen molar-refractivity contribution < 1.29 is 9.47 Å². The lowest BCUT2D eigenvalue weighted by Gasteiger charge is -2.45. The smallest absolute Gasteiger partial charge is 0.211 e. The topological polar surface area (TPSA) is 76.8 Å². The summed E-state index contributed by atoms with van der Waals surface area (Å²) < 4.78 is 13.7. The van der Waals surface area contributed by atoms with E-state index in [0.29, 0.717) is 25.2 Å². The molecule has 0 bridgehead atoms. The van der Waals surface area contributed by atoms with E-state index in [1.54, 1.807) is 22.9 Å². The number of anilines is 2. The van der Waals surface area contributed by atoms with Crippen molar-refractivity contribution in [2.45, 2.75) is 41.0 Å². The molecular weight excluding hydrogens is 484 g/mol. The molecule has 8 nitrogen and oxygen atoms in total. The Morgan fingerprint density at radius 1 is 0.892 bits per heavy atom. The number of aromatic nitrogens is 4. The number of fused-ring (bicyclic) bond motifs is 3. The quantitative estimate of drug-likeness (QED) is 0.437. The third-order valence-corrected chi connectivity index (χ3v) is 9.50. The Hall–Kier alpha value is -3.30. The Bertz CT molecular complexity index is 1480. The number of hydrogen-bond donors (Lipinski definition) is 1. The van der Waals surface area contributed by atoms with Gasteiger partial charge in [0.25, 0.3) is 0 Å². The van der Waals surface area contributed by atoms with Crippen LogP contribution in [0.3, 0.4) is 0 Å². The zero-order chi connectivity index (χ0) is 24.5. The molecule has 1 aromatic carbocycles. The van der Waals surface area contributed by atoms with E-state index in [-0.39, 0.29) is 5.54 Å². The number of benzene rings is 1. The first-order valence-corrected chi connectivity index (χ1v) is 13.8. The molecule has 4 aromatic rings. The molecule has 9 heteroatoms. The highest BCUT2D eigenvalue weighted by molar-refractivity contribution is 7.99. The molecule has 3 aromatic heterocycles. The number of imidazole rings is 1. The lowest BCUT2D eigenvalue weighted by atomic mass is 9.76. The van der Waals surface area contributed by atoms with Crippen molar-refractivity contribution in [1.29, 1.82) is 0 Å². The van der Waals surface area contributed by atoms with Crippen LogP contribution < -0.4 is 15.0 Å². The Morgan fingerprint density at radius 3 is 2.46 bits per heavy atom. The number of nitrogens with one attached hydrogen (secondary N) is 1. The minimum atomic E-state index is -0.142. The third kappa shape index (κ3) is 3.51. The van der Waals surface area contributed by atoms with Gasteiger partial charge in [0.2, 0.25) is 5.95 Å². The number of rotatable bonds is 3. The van der Waals surface area contributed by atoms with Crippen molar-refractivity contribution >= 4 is 29.2 Å². The monoisotopic (exact) mass is 512 g/mol. The highest BCUT2D eigenvalue weighted by atomic mass is 32.2. The Balaban J connectivity index is 1.04. The second-order valence-corrected chi connectivity index (χ2v) is 12.0. The maximum Gasteiger partial charge on any atom is 0.211 e. The van der Waals surface area contributed by atoms with Crippen LogP contribution in [0.1, 0.15) is 24.0 Å². The number of hydrogen-bond acceptors (Lipinski definition) is 8. The lowest BCUT2D eigenvalue weighted by Crippen LogP contribution is -2.61. The molecule has 0 unspecified atom stereocenters. The number of pyridine rings is 1. The largest absolute Gasteiger partial charge is 0.486 e. The van der Waals surface area contributed by atoms with Gasteiger partial charge in [-0.2, -0.15) is 0 Å². The van der Waals surface area contributed by atoms with Gasteiger partial charge in [-0.3, -0.25) is 4.40 Å². The van der Waals surface area contributed by atoms with Crippen LogP contribution in [0.15, 0.2) is 64.9 Å². The van der Waals surface area contributed by atoms with E-state index >= 15 is 0 Å². The summed E-state index contributed by atoms with van der Waals surface area (Å²) in [6.45, 7) is 3.91. The van der Waals surface area contributed by atoms with Crippen LogP contribution in [0.25, 0.3) is 5.65 Å². The molecule has 37 heavy (non-hydrogen) atoms. The van der Waals surface area contributed by atoms with Gasteiger partial charge in [-0.15, -0.1) is 0 Å². The van der Waals surface area contributed by atoms with Gasteiger partial charge in [-0.05, 0) is 48.3 Å². The first-order chi connectivity index (χ1) is 18.2. The molecule has 2 fully saturated rings. The first-order valence-electron chi connectivity index (χ1n) is 13.0. The van der Waals surface area contributed by atoms with E-state index in [2.05, 4.69) is 43.9 Å². The highest BCUT2D eigenvalue weighted by Crippen LogP contribution is 2.46. The van der Waals surface area contributed by atoms with Crippen LogP contribution in [0.4, 0.5) is 11.8 Å². The molecule has 1 aliphatic carbocycles. The zero-order valence-corrected chi connectivity index (χ0v) is 21.3. The van der Waals surface area contributed by atoms with Crippen LogP contribution in [0.2, 0.25) is 0 Å². The second kappa shape index (κ2) is 8.10. The summed E-state index contributed by atoms with van der Waals surface area (Å²) in [6.07, 6.45) is 12.5. The van der Waals surface area contributed by atoms with Crippen molar-refractivity contribution in [3.8, 4) is 5.75 Å². The summed E-state index contributed by atoms with van der Waals surface area (Å²) in [6, 6.07) is 11.0. The van der Waals surface area contributed by atoms with E-state index in [0.717, 1.165) is 46.0 Å². The van der Waals surface area contributed by atoms with E-state index in [9.17, 15) is 0 Å². The first kappa shape index (κ1) is 21.8. The molecule has 0 saturated carbocycles. The van der Waals surface area contributed by atoms with Crippen molar-refractivity contribution in [2.75, 3.05) is 43.1 Å². The zero-order valence-electron chi connectivity index (χ0n) is 20.5. The van der Waals surface area contributed by atoms with Crippen molar-refractivity contribution in [3.05, 3.63) is 66.2 Å². The van der Waals surface area contributed by atoms with Gasteiger partial charge in [0, 0.05) is 37.9 Å². The average Bonchev–Trinajstić information content (AvgIpc) is 3.54. The Morgan fingerprint density at radius 2 is 1.70 bits per heavy atom. The van der Waals surface area contributed by atoms with Gasteiger partial charge in [-0.25, -0.2) is 15.0 Å². The molecule has 0 radical (unpaired) electrons. The Kier molecular flexibility index (Phi) is 4.76. The lowest BCUT2D eigenvalue weighted by molar-refractivity contribution is -0.0652. The summed E-state index contributed by atoms with van der Waals surface area (Å²) in [5, 5.41) is 3.53. The van der Waals surface area contributed by atoms with Crippen LogP contribution >= 0.6 is 11.8 Å². The second-order valence-electron chi connectivity index (χ2n) is 10.9. The normalized spacial score (nSPS) is 20.8. The van der Waals surface area contributed by atoms with Crippen LogP contribution in [-0.2, 0) is 17.6 Å². The fraction of sp³-hybridized carbons (Fsp3) is 0.393. The maximum atomic E-state index is 6.18. The predicted octanol–water partition coefficient (Wildman–Crippen LogP) is 4.23. The van der Waals surface area contributed by atoms with Crippen LogP contribution in [-0.4, -0.2) is 57.8 Å². The number of nitrogens with zero attached hydrogens (tertiary/aromatic N) is 5. The maximum absolute atomic E-state index is 6.18. The number of ether oxygens (including phenoxy) is 2. The minimum absolute atomic E-state index is 0.142. The molecule has 4 aliphatic rings. The fourth-order valence-electron chi connectivity index (χ4n) is 6.36. The van der Waals surface area contributed by atoms with Gasteiger partial charge in [0.05, 0.1) is 23.0 Å². The Labute approximate surface area is 219 Å². The minimum Gasteiger partial charge on any atom is -0.486 e. The molecule has 188 valence electrons. The molecule has 8 rings (SSSR count). The molecule has 3 aliphatic heterocycles. The van der Waals surface area contributed by atoms with E-state index in [1.165, 1.54) is 25.7 Å². The molecule has 0 amide bonds. The standard InChI is InChI=1S/C28H28N6O2S/c1-2-4-20-14-27(13-19(20)3-1)6-10-33(11-7-27)26-31-15-22(25-30-9-12-34(25)26)37-21-5-8-29-24-23(21)36-18-28(32-24)16-35-17-28/h1-5,8-9,12,15H,6-7,10-11,13-14,16-18H2,(H,29,32). The van der Waals surface area contributed by atoms with Crippen molar-refractivity contribution in [2.24, 2.45) is 5.41 Å². The summed E-state index contributed by atoms with van der Waals surface area (Å²) >= 11 is 1.63. The summed E-state index contributed by atoms with van der Waals surface area (Å²) in [4.78, 5) is 18.6. The third-order valence-electron chi connectivity index (χ3n) is 8.45. The fourth-order valence-corrected chi connectivity index (χ4v) is 7.32. The predicted molar refractivity (Wildman–Crippen MR) is 142 cm³/mol. The van der Waals surface area contributed by atoms with Crippen LogP contribution in [0.5, 0.6) is 5.75 Å². The molecule has 0 atom stereocenters. The summed E-state index contributed by atoms with van der Waals surface area (Å²) in [7, 11) is 0. The van der Waals surface area contributed by atoms with Gasteiger partial charge in [0.1, 0.15) is 12.1 Å². The van der Waals surface area contributed by atoms with Crippen LogP contribution in [0, 0.1) is 5.41 Å². The van der Waals surface area contributed by atoms with Gasteiger partial charge in [-0.1, -0.05) is 36.0 Å². The summed E-state index contributed by atoms with van der Waals surface area (Å²) in [5.74, 6) is 2.54. The SMILES string of the molecule is c1ccc2c(c1)CC1(CCN(c3ncc(Sc4ccnc5c4OCC4(COC4)N5)c4nccn34)CC1)C2. The van der Waals surface area contributed by atoms with Gasteiger partial charge >= 0.3 is 0 Å². The van der Waals surface area contributed by atoms with Gasteiger partial charge < -0.3 is 19.7 Å². The molecular formula is C28H28N6O2S. The van der Waals surface area contributed by atoms with E-state index in [4.69, 9.17) is 19.4 Å². The number of piperidine rings is 1. The molecule has 2 saturated heterocycles. The van der Waals surface area contributed by atoms with Gasteiger partial charge in [0.15, 0.2) is 17.2 Å². The molecule has 2 spiro atoms. The highest BCUT2D eigenvalue weighted by Gasteiger charge is 2.44. The van der Waals surface area contributed by atoms with Crippen molar-refractivity contribution in [1.82, 2.24) is 19.4 Å². The average molecular weight is 513 g/mol. The van der Waals surface area contributed by atoms with E-state index < -0.39 is 0 Å².